The molecular weight excluding hydrogens is 374 g/mol. The second-order valence-electron chi connectivity index (χ2n) is 7.34. The van der Waals surface area contributed by atoms with Crippen molar-refractivity contribution in [2.24, 2.45) is 5.73 Å². The third-order valence-corrected chi connectivity index (χ3v) is 6.41. The summed E-state index contributed by atoms with van der Waals surface area (Å²) in [7, 11) is 0. The first-order valence-corrected chi connectivity index (χ1v) is 10.6. The number of fused-ring (bicyclic) bond motifs is 1. The average Bonchev–Trinajstić information content (AvgIpc) is 3.26. The molecule has 1 saturated heterocycles. The van der Waals surface area contributed by atoms with Crippen molar-refractivity contribution in [2.75, 3.05) is 19.7 Å². The molecule has 0 bridgehead atoms. The number of rotatable bonds is 4. The van der Waals surface area contributed by atoms with E-state index < -0.39 is 12.0 Å². The molecule has 28 heavy (non-hydrogen) atoms. The summed E-state index contributed by atoms with van der Waals surface area (Å²) in [5.41, 5.74) is 9.25. The largest absolute Gasteiger partial charge is 0.367 e. The molecule has 2 atom stereocenters. The van der Waals surface area contributed by atoms with Crippen molar-refractivity contribution in [1.29, 1.82) is 0 Å². The molecule has 0 radical (unpaired) electrons. The first kappa shape index (κ1) is 19.0. The zero-order valence-corrected chi connectivity index (χ0v) is 16.5. The van der Waals surface area contributed by atoms with Crippen LogP contribution >= 0.6 is 11.3 Å². The zero-order valence-electron chi connectivity index (χ0n) is 15.7. The van der Waals surface area contributed by atoms with E-state index >= 15 is 0 Å². The Morgan fingerprint density at radius 2 is 2.04 bits per heavy atom. The summed E-state index contributed by atoms with van der Waals surface area (Å²) in [6.45, 7) is 0.934. The summed E-state index contributed by atoms with van der Waals surface area (Å²) in [5.74, 6) is -0.540. The van der Waals surface area contributed by atoms with Crippen molar-refractivity contribution in [2.45, 2.75) is 37.8 Å². The Hall–Kier alpha value is -2.38. The number of benzene rings is 1. The molecule has 1 aliphatic carbocycles. The van der Waals surface area contributed by atoms with Crippen LogP contribution in [0.4, 0.5) is 4.79 Å². The van der Waals surface area contributed by atoms with E-state index in [2.05, 4.69) is 23.5 Å². The van der Waals surface area contributed by atoms with Gasteiger partial charge in [0, 0.05) is 11.4 Å². The van der Waals surface area contributed by atoms with Crippen molar-refractivity contribution in [3.63, 3.8) is 0 Å². The fraction of sp³-hybridized carbons (Fsp3) is 0.429. The van der Waals surface area contributed by atoms with Crippen LogP contribution < -0.4 is 11.1 Å². The van der Waals surface area contributed by atoms with E-state index in [1.165, 1.54) is 24.0 Å². The summed E-state index contributed by atoms with van der Waals surface area (Å²) in [4.78, 5) is 27.1. The van der Waals surface area contributed by atoms with Crippen LogP contribution in [0.1, 0.15) is 40.5 Å². The van der Waals surface area contributed by atoms with E-state index in [0.29, 0.717) is 13.2 Å². The van der Waals surface area contributed by atoms with Crippen molar-refractivity contribution < 1.29 is 14.3 Å². The van der Waals surface area contributed by atoms with Gasteiger partial charge in [-0.15, -0.1) is 11.3 Å². The number of hydrogen-bond donors (Lipinski definition) is 2. The summed E-state index contributed by atoms with van der Waals surface area (Å²) in [6, 6.07) is 10.2. The number of aryl methyl sites for hydroxylation is 2. The van der Waals surface area contributed by atoms with Gasteiger partial charge in [-0.25, -0.2) is 4.79 Å². The van der Waals surface area contributed by atoms with E-state index in [4.69, 9.17) is 10.5 Å². The SMILES string of the molecule is NC(=O)[C@H]1CN(C(=O)N[C@H](c2ccc3c(c2)CCCC3)c2cccs2)CCO1. The smallest absolute Gasteiger partial charge is 0.318 e. The van der Waals surface area contributed by atoms with E-state index in [1.54, 1.807) is 16.2 Å². The standard InChI is InChI=1S/C21H25N3O3S/c22-20(25)17-13-24(9-10-27-17)21(26)23-19(18-6-3-11-28-18)16-8-7-14-4-1-2-5-15(14)12-16/h3,6-8,11-12,17,19H,1-2,4-5,9-10,13H2,(H2,22,25)(H,23,26)/t17-,19-/m1/s1. The summed E-state index contributed by atoms with van der Waals surface area (Å²) < 4.78 is 5.35. The molecule has 3 N–H and O–H groups in total. The van der Waals surface area contributed by atoms with E-state index in [9.17, 15) is 9.59 Å². The third kappa shape index (κ3) is 4.05. The molecule has 1 fully saturated rings. The van der Waals surface area contributed by atoms with E-state index in [-0.39, 0.29) is 18.6 Å². The van der Waals surface area contributed by atoms with Crippen LogP contribution in [0.2, 0.25) is 0 Å². The quantitative estimate of drug-likeness (QED) is 0.829. The van der Waals surface area contributed by atoms with Crippen LogP contribution in [0.5, 0.6) is 0 Å². The van der Waals surface area contributed by atoms with Crippen molar-refractivity contribution in [3.05, 3.63) is 57.3 Å². The molecule has 0 unspecified atom stereocenters. The maximum atomic E-state index is 12.9. The fourth-order valence-electron chi connectivity index (χ4n) is 3.93. The van der Waals surface area contributed by atoms with Gasteiger partial charge in [0.1, 0.15) is 0 Å². The molecule has 7 heteroatoms. The third-order valence-electron chi connectivity index (χ3n) is 5.47. The van der Waals surface area contributed by atoms with Crippen LogP contribution in [0, 0.1) is 0 Å². The summed E-state index contributed by atoms with van der Waals surface area (Å²) >= 11 is 1.63. The summed E-state index contributed by atoms with van der Waals surface area (Å²) in [5, 5.41) is 5.18. The lowest BCUT2D eigenvalue weighted by Gasteiger charge is -2.33. The first-order chi connectivity index (χ1) is 13.6. The van der Waals surface area contributed by atoms with Gasteiger partial charge in [-0.1, -0.05) is 24.3 Å². The Labute approximate surface area is 168 Å². The van der Waals surface area contributed by atoms with Crippen molar-refractivity contribution in [1.82, 2.24) is 10.2 Å². The van der Waals surface area contributed by atoms with Crippen molar-refractivity contribution >= 4 is 23.3 Å². The van der Waals surface area contributed by atoms with E-state index in [0.717, 1.165) is 23.3 Å². The molecule has 0 saturated carbocycles. The monoisotopic (exact) mass is 399 g/mol. The number of thiophene rings is 1. The molecule has 1 aromatic carbocycles. The van der Waals surface area contributed by atoms with Gasteiger partial charge in [0.05, 0.1) is 19.2 Å². The van der Waals surface area contributed by atoms with Crippen LogP contribution in [0.3, 0.4) is 0 Å². The number of morpholine rings is 1. The molecule has 0 spiro atoms. The molecule has 3 amide bonds. The van der Waals surface area contributed by atoms with Gasteiger partial charge < -0.3 is 20.7 Å². The molecule has 1 aromatic heterocycles. The highest BCUT2D eigenvalue weighted by Crippen LogP contribution is 2.30. The number of hydrogen-bond acceptors (Lipinski definition) is 4. The molecule has 148 valence electrons. The highest BCUT2D eigenvalue weighted by molar-refractivity contribution is 7.10. The predicted octanol–water partition coefficient (Wildman–Crippen LogP) is 2.61. The fourth-order valence-corrected chi connectivity index (χ4v) is 4.73. The van der Waals surface area contributed by atoms with Crippen molar-refractivity contribution in [3.8, 4) is 0 Å². The molecule has 2 heterocycles. The Morgan fingerprint density at radius 3 is 2.79 bits per heavy atom. The number of nitrogens with two attached hydrogens (primary N) is 1. The Morgan fingerprint density at radius 1 is 1.21 bits per heavy atom. The first-order valence-electron chi connectivity index (χ1n) is 9.73. The van der Waals surface area contributed by atoms with Gasteiger partial charge in [0.25, 0.3) is 0 Å². The molecule has 2 aromatic rings. The number of nitrogens with one attached hydrogen (secondary N) is 1. The molecule has 2 aliphatic rings. The van der Waals surface area contributed by atoms with E-state index in [1.807, 2.05) is 17.5 Å². The lowest BCUT2D eigenvalue weighted by molar-refractivity contribution is -0.133. The topological polar surface area (TPSA) is 84.7 Å². The average molecular weight is 400 g/mol. The minimum Gasteiger partial charge on any atom is -0.367 e. The van der Waals surface area contributed by atoms with Gasteiger partial charge in [-0.3, -0.25) is 4.79 Å². The lowest BCUT2D eigenvalue weighted by atomic mass is 9.89. The van der Waals surface area contributed by atoms with Crippen LogP contribution in [-0.2, 0) is 22.4 Å². The van der Waals surface area contributed by atoms with Gasteiger partial charge in [-0.05, 0) is 53.8 Å². The second-order valence-corrected chi connectivity index (χ2v) is 8.32. The van der Waals surface area contributed by atoms with Gasteiger partial charge in [-0.2, -0.15) is 0 Å². The van der Waals surface area contributed by atoms with Crippen LogP contribution in [-0.4, -0.2) is 42.6 Å². The minimum absolute atomic E-state index is 0.183. The number of primary amides is 1. The molecule has 1 aliphatic heterocycles. The Balaban J connectivity index is 1.56. The Kier molecular flexibility index (Phi) is 5.64. The number of amides is 3. The van der Waals surface area contributed by atoms with Gasteiger partial charge >= 0.3 is 6.03 Å². The second kappa shape index (κ2) is 8.32. The number of nitrogens with zero attached hydrogens (tertiary/aromatic N) is 1. The maximum Gasteiger partial charge on any atom is 0.318 e. The number of carbonyl (C=O) groups excluding carboxylic acids is 2. The van der Waals surface area contributed by atoms with Crippen LogP contribution in [0.25, 0.3) is 0 Å². The molecule has 4 rings (SSSR count). The lowest BCUT2D eigenvalue weighted by Crippen LogP contribution is -2.53. The number of ether oxygens (including phenoxy) is 1. The number of carbonyl (C=O) groups is 2. The highest BCUT2D eigenvalue weighted by Gasteiger charge is 2.29. The molecule has 6 nitrogen and oxygen atoms in total. The van der Waals surface area contributed by atoms with Gasteiger partial charge in [0.15, 0.2) is 6.10 Å². The Bertz CT molecular complexity index is 853. The zero-order chi connectivity index (χ0) is 19.5. The highest BCUT2D eigenvalue weighted by atomic mass is 32.1. The summed E-state index contributed by atoms with van der Waals surface area (Å²) in [6.07, 6.45) is 3.94. The van der Waals surface area contributed by atoms with Crippen LogP contribution in [0.15, 0.2) is 35.7 Å². The molecular formula is C21H25N3O3S. The minimum atomic E-state index is -0.747. The normalized spacial score (nSPS) is 20.3. The van der Waals surface area contributed by atoms with Gasteiger partial charge in [0.2, 0.25) is 5.91 Å². The number of urea groups is 1. The predicted molar refractivity (Wildman–Crippen MR) is 108 cm³/mol. The maximum absolute atomic E-state index is 12.9.